The van der Waals surface area contributed by atoms with Crippen molar-refractivity contribution in [2.75, 3.05) is 31.1 Å². The number of rotatable bonds is 6. The zero-order valence-electron chi connectivity index (χ0n) is 16.8. The Labute approximate surface area is 173 Å². The Morgan fingerprint density at radius 3 is 2.63 bits per heavy atom. The van der Waals surface area contributed by atoms with Gasteiger partial charge in [-0.2, -0.15) is 0 Å². The first-order valence-electron chi connectivity index (χ1n) is 9.88. The summed E-state index contributed by atoms with van der Waals surface area (Å²) in [7, 11) is 0. The Hall–Kier alpha value is -2.88. The number of amides is 3. The second-order valence-electron chi connectivity index (χ2n) is 7.82. The Morgan fingerprint density at radius 1 is 1.33 bits per heavy atom. The topological polar surface area (TPSA) is 119 Å². The van der Waals surface area contributed by atoms with Gasteiger partial charge in [0.1, 0.15) is 11.9 Å². The zero-order chi connectivity index (χ0) is 21.9. The monoisotopic (exact) mass is 423 g/mol. The van der Waals surface area contributed by atoms with Gasteiger partial charge in [0, 0.05) is 20.0 Å². The van der Waals surface area contributed by atoms with Gasteiger partial charge in [-0.3, -0.25) is 9.69 Å². The molecule has 0 saturated carbocycles. The molecule has 3 amide bonds. The average molecular weight is 423 g/mol. The molecule has 1 aromatic carbocycles. The summed E-state index contributed by atoms with van der Waals surface area (Å²) in [6, 6.07) is 4.46. The summed E-state index contributed by atoms with van der Waals surface area (Å²) in [5.74, 6) is -0.715. The van der Waals surface area contributed by atoms with E-state index in [4.69, 9.17) is 9.84 Å². The minimum Gasteiger partial charge on any atom is -0.465 e. The first-order valence-corrected chi connectivity index (χ1v) is 9.88. The van der Waals surface area contributed by atoms with Gasteiger partial charge in [-0.05, 0) is 43.4 Å². The molecule has 0 bridgehead atoms. The van der Waals surface area contributed by atoms with Gasteiger partial charge in [0.15, 0.2) is 0 Å². The highest BCUT2D eigenvalue weighted by Gasteiger charge is 2.35. The lowest BCUT2D eigenvalue weighted by atomic mass is 9.86. The molecule has 2 fully saturated rings. The summed E-state index contributed by atoms with van der Waals surface area (Å²) < 4.78 is 19.8. The van der Waals surface area contributed by atoms with Crippen LogP contribution < -0.4 is 10.2 Å². The number of piperidine rings is 1. The van der Waals surface area contributed by atoms with E-state index < -0.39 is 29.7 Å². The molecule has 2 heterocycles. The van der Waals surface area contributed by atoms with Crippen LogP contribution in [0, 0.1) is 5.82 Å². The van der Waals surface area contributed by atoms with Gasteiger partial charge in [-0.1, -0.05) is 6.07 Å². The van der Waals surface area contributed by atoms with E-state index in [2.05, 4.69) is 5.32 Å². The Kier molecular flexibility index (Phi) is 6.45. The molecule has 9 nitrogen and oxygen atoms in total. The number of anilines is 1. The number of carbonyl (C=O) groups is 3. The highest BCUT2D eigenvalue weighted by Crippen LogP contribution is 2.29. The van der Waals surface area contributed by atoms with Crippen LogP contribution >= 0.6 is 0 Å². The van der Waals surface area contributed by atoms with Crippen LogP contribution in [0.25, 0.3) is 0 Å². The minimum atomic E-state index is -1.02. The predicted octanol–water partition coefficient (Wildman–Crippen LogP) is 1.72. The number of nitrogens with one attached hydrogen (secondary N) is 1. The van der Waals surface area contributed by atoms with Crippen molar-refractivity contribution in [3.05, 3.63) is 29.6 Å². The number of cyclic esters (lactones) is 1. The molecule has 0 spiro atoms. The molecule has 2 aliphatic rings. The van der Waals surface area contributed by atoms with Crippen molar-refractivity contribution in [2.45, 2.75) is 44.3 Å². The van der Waals surface area contributed by atoms with E-state index in [1.807, 2.05) is 0 Å². The predicted molar refractivity (Wildman–Crippen MR) is 105 cm³/mol. The van der Waals surface area contributed by atoms with E-state index in [-0.39, 0.29) is 32.1 Å². The van der Waals surface area contributed by atoms with Gasteiger partial charge in [-0.15, -0.1) is 0 Å². The highest BCUT2D eigenvalue weighted by molar-refractivity contribution is 5.89. The summed E-state index contributed by atoms with van der Waals surface area (Å²) in [4.78, 5) is 36.6. The lowest BCUT2D eigenvalue weighted by Gasteiger charge is -2.37. The molecular formula is C20H26FN3O6. The quantitative estimate of drug-likeness (QED) is 0.641. The SMILES string of the molecule is CC(=O)NC[C@H]1CN(c2ccc(CCC3(O)CCN(C(=O)O)CC3)c(F)c2)C(=O)O1. The normalized spacial score (nSPS) is 20.8. The standard InChI is InChI=1S/C20H26FN3O6/c1-13(25)22-11-16-12-24(19(28)30-16)15-3-2-14(17(21)10-15)4-5-20(29)6-8-23(9-7-20)18(26)27/h2-3,10,16,29H,4-9,11-12H2,1H3,(H,22,25)(H,26,27)/t16-/m0/s1. The number of likely N-dealkylation sites (tertiary alicyclic amines) is 1. The largest absolute Gasteiger partial charge is 0.465 e. The number of aryl methyl sites for hydroxylation is 1. The van der Waals surface area contributed by atoms with Crippen molar-refractivity contribution < 1.29 is 33.7 Å². The first kappa shape index (κ1) is 21.8. The molecule has 0 radical (unpaired) electrons. The van der Waals surface area contributed by atoms with E-state index in [9.17, 15) is 23.9 Å². The molecule has 164 valence electrons. The van der Waals surface area contributed by atoms with Crippen molar-refractivity contribution >= 4 is 23.8 Å². The van der Waals surface area contributed by atoms with Crippen LogP contribution in [0.4, 0.5) is 19.7 Å². The minimum absolute atomic E-state index is 0.191. The van der Waals surface area contributed by atoms with E-state index in [0.717, 1.165) is 0 Å². The van der Waals surface area contributed by atoms with Crippen LogP contribution in [0.1, 0.15) is 31.7 Å². The molecule has 1 atom stereocenters. The van der Waals surface area contributed by atoms with Gasteiger partial charge in [0.2, 0.25) is 5.91 Å². The third-order valence-electron chi connectivity index (χ3n) is 5.63. The van der Waals surface area contributed by atoms with Crippen LogP contribution in [0.15, 0.2) is 18.2 Å². The molecule has 3 rings (SSSR count). The average Bonchev–Trinajstić information content (AvgIpc) is 3.06. The molecule has 2 aliphatic heterocycles. The summed E-state index contributed by atoms with van der Waals surface area (Å²) in [6.45, 7) is 2.27. The van der Waals surface area contributed by atoms with Gasteiger partial charge in [-0.25, -0.2) is 14.0 Å². The molecule has 30 heavy (non-hydrogen) atoms. The van der Waals surface area contributed by atoms with Crippen molar-refractivity contribution in [3.63, 3.8) is 0 Å². The van der Waals surface area contributed by atoms with Crippen LogP contribution in [0.5, 0.6) is 0 Å². The van der Waals surface area contributed by atoms with Crippen molar-refractivity contribution in [2.24, 2.45) is 0 Å². The third kappa shape index (κ3) is 5.18. The lowest BCUT2D eigenvalue weighted by molar-refractivity contribution is -0.119. The molecular weight excluding hydrogens is 397 g/mol. The van der Waals surface area contributed by atoms with Gasteiger partial charge < -0.3 is 25.2 Å². The molecule has 0 aliphatic carbocycles. The molecule has 3 N–H and O–H groups in total. The number of carboxylic acid groups (broad SMARTS) is 1. The lowest BCUT2D eigenvalue weighted by Crippen LogP contribution is -2.46. The molecule has 0 unspecified atom stereocenters. The second kappa shape index (κ2) is 8.86. The fourth-order valence-corrected chi connectivity index (χ4v) is 3.73. The Bertz CT molecular complexity index is 825. The zero-order valence-corrected chi connectivity index (χ0v) is 16.8. The first-order chi connectivity index (χ1) is 14.2. The van der Waals surface area contributed by atoms with Crippen LogP contribution in [-0.2, 0) is 16.0 Å². The van der Waals surface area contributed by atoms with Crippen molar-refractivity contribution in [3.8, 4) is 0 Å². The van der Waals surface area contributed by atoms with Gasteiger partial charge in [0.25, 0.3) is 0 Å². The fourth-order valence-electron chi connectivity index (χ4n) is 3.73. The second-order valence-corrected chi connectivity index (χ2v) is 7.82. The maximum Gasteiger partial charge on any atom is 0.414 e. The van der Waals surface area contributed by atoms with Gasteiger partial charge >= 0.3 is 12.2 Å². The van der Waals surface area contributed by atoms with E-state index in [1.54, 1.807) is 12.1 Å². The number of carbonyl (C=O) groups excluding carboxylic acids is 2. The fraction of sp³-hybridized carbons (Fsp3) is 0.550. The van der Waals surface area contributed by atoms with E-state index in [1.165, 1.54) is 22.8 Å². The van der Waals surface area contributed by atoms with E-state index >= 15 is 0 Å². The maximum atomic E-state index is 14.6. The summed E-state index contributed by atoms with van der Waals surface area (Å²) in [5.41, 5.74) is -0.248. The molecule has 0 aromatic heterocycles. The number of nitrogens with zero attached hydrogens (tertiary/aromatic N) is 2. The Morgan fingerprint density at radius 2 is 2.03 bits per heavy atom. The maximum absolute atomic E-state index is 14.6. The molecule has 10 heteroatoms. The Balaban J connectivity index is 1.57. The number of ether oxygens (including phenoxy) is 1. The van der Waals surface area contributed by atoms with E-state index in [0.29, 0.717) is 36.9 Å². The third-order valence-corrected chi connectivity index (χ3v) is 5.63. The van der Waals surface area contributed by atoms with Crippen molar-refractivity contribution in [1.82, 2.24) is 10.2 Å². The van der Waals surface area contributed by atoms with Crippen LogP contribution in [0.3, 0.4) is 0 Å². The van der Waals surface area contributed by atoms with Crippen LogP contribution in [0.2, 0.25) is 0 Å². The number of aliphatic hydroxyl groups is 1. The van der Waals surface area contributed by atoms with Crippen LogP contribution in [-0.4, -0.2) is 71.1 Å². The van der Waals surface area contributed by atoms with Crippen molar-refractivity contribution in [1.29, 1.82) is 0 Å². The van der Waals surface area contributed by atoms with Gasteiger partial charge in [0.05, 0.1) is 24.4 Å². The number of benzene rings is 1. The summed E-state index contributed by atoms with van der Waals surface area (Å²) in [5, 5.41) is 22.2. The highest BCUT2D eigenvalue weighted by atomic mass is 19.1. The number of hydrogen-bond acceptors (Lipinski definition) is 5. The number of halogens is 1. The smallest absolute Gasteiger partial charge is 0.414 e. The molecule has 2 saturated heterocycles. The number of hydrogen-bond donors (Lipinski definition) is 3. The summed E-state index contributed by atoms with van der Waals surface area (Å²) >= 11 is 0. The summed E-state index contributed by atoms with van der Waals surface area (Å²) in [6.07, 6.45) is -0.861. The molecule has 1 aromatic rings.